The van der Waals surface area contributed by atoms with Crippen LogP contribution in [-0.2, 0) is 16.0 Å². The monoisotopic (exact) mass is 356 g/mol. The number of hydrogen-bond donors (Lipinski definition) is 0. The standard InChI is InChI=1S/C14H17BrN2O2S/c15-11-7-12(20-9-11)8-13(18)16-3-5-17(6-4-16)14(19)10-1-2-10/h7,9-10H,1-6,8H2. The number of amides is 2. The Kier molecular flexibility index (Phi) is 4.12. The van der Waals surface area contributed by atoms with E-state index in [4.69, 9.17) is 0 Å². The molecule has 1 aromatic rings. The maximum atomic E-state index is 12.2. The van der Waals surface area contributed by atoms with E-state index in [9.17, 15) is 9.59 Å². The molecule has 1 aliphatic heterocycles. The van der Waals surface area contributed by atoms with Gasteiger partial charge in [0.1, 0.15) is 0 Å². The van der Waals surface area contributed by atoms with Gasteiger partial charge in [-0.25, -0.2) is 0 Å². The number of nitrogens with zero attached hydrogens (tertiary/aromatic N) is 2. The van der Waals surface area contributed by atoms with E-state index in [0.29, 0.717) is 38.5 Å². The number of hydrogen-bond acceptors (Lipinski definition) is 3. The Morgan fingerprint density at radius 1 is 1.20 bits per heavy atom. The van der Waals surface area contributed by atoms with Crippen LogP contribution in [0.1, 0.15) is 17.7 Å². The fraction of sp³-hybridized carbons (Fsp3) is 0.571. The van der Waals surface area contributed by atoms with Gasteiger partial charge in [0.25, 0.3) is 0 Å². The molecule has 0 aromatic carbocycles. The van der Waals surface area contributed by atoms with Crippen molar-refractivity contribution in [2.45, 2.75) is 19.3 Å². The molecule has 2 aliphatic rings. The third kappa shape index (κ3) is 3.23. The summed E-state index contributed by atoms with van der Waals surface area (Å²) in [5.74, 6) is 0.734. The summed E-state index contributed by atoms with van der Waals surface area (Å²) in [4.78, 5) is 29.0. The Hall–Kier alpha value is -0.880. The van der Waals surface area contributed by atoms with Gasteiger partial charge < -0.3 is 9.80 Å². The summed E-state index contributed by atoms with van der Waals surface area (Å²) in [7, 11) is 0. The maximum Gasteiger partial charge on any atom is 0.227 e. The highest BCUT2D eigenvalue weighted by molar-refractivity contribution is 9.10. The van der Waals surface area contributed by atoms with E-state index < -0.39 is 0 Å². The van der Waals surface area contributed by atoms with Gasteiger partial charge >= 0.3 is 0 Å². The van der Waals surface area contributed by atoms with Crippen LogP contribution in [0.5, 0.6) is 0 Å². The van der Waals surface area contributed by atoms with Gasteiger partial charge in [0.2, 0.25) is 11.8 Å². The fourth-order valence-electron chi connectivity index (χ4n) is 2.47. The Labute approximate surface area is 130 Å². The van der Waals surface area contributed by atoms with E-state index in [2.05, 4.69) is 15.9 Å². The van der Waals surface area contributed by atoms with Crippen molar-refractivity contribution in [2.75, 3.05) is 26.2 Å². The highest BCUT2D eigenvalue weighted by atomic mass is 79.9. The molecule has 20 heavy (non-hydrogen) atoms. The van der Waals surface area contributed by atoms with Gasteiger partial charge in [-0.15, -0.1) is 11.3 Å². The summed E-state index contributed by atoms with van der Waals surface area (Å²) in [5.41, 5.74) is 0. The third-order valence-corrected chi connectivity index (χ3v) is 5.52. The first kappa shape index (κ1) is 14.1. The second-order valence-electron chi connectivity index (χ2n) is 5.39. The van der Waals surface area contributed by atoms with Crippen LogP contribution >= 0.6 is 27.3 Å². The van der Waals surface area contributed by atoms with Gasteiger partial charge in [-0.2, -0.15) is 0 Å². The molecule has 0 spiro atoms. The first-order valence-electron chi connectivity index (χ1n) is 6.93. The Morgan fingerprint density at radius 2 is 1.85 bits per heavy atom. The highest BCUT2D eigenvalue weighted by Gasteiger charge is 2.35. The molecule has 0 atom stereocenters. The first-order valence-corrected chi connectivity index (χ1v) is 8.60. The smallest absolute Gasteiger partial charge is 0.227 e. The van der Waals surface area contributed by atoms with Crippen molar-refractivity contribution in [1.82, 2.24) is 9.80 Å². The second kappa shape index (κ2) is 5.85. The van der Waals surface area contributed by atoms with Crippen molar-refractivity contribution >= 4 is 39.1 Å². The number of thiophene rings is 1. The van der Waals surface area contributed by atoms with Crippen LogP contribution in [0.2, 0.25) is 0 Å². The summed E-state index contributed by atoms with van der Waals surface area (Å²) >= 11 is 5.00. The fourth-order valence-corrected chi connectivity index (χ4v) is 3.91. The first-order chi connectivity index (χ1) is 9.63. The van der Waals surface area contributed by atoms with Crippen molar-refractivity contribution in [1.29, 1.82) is 0 Å². The minimum Gasteiger partial charge on any atom is -0.339 e. The number of rotatable bonds is 3. The van der Waals surface area contributed by atoms with Crippen molar-refractivity contribution in [2.24, 2.45) is 5.92 Å². The van der Waals surface area contributed by atoms with Crippen molar-refractivity contribution in [3.63, 3.8) is 0 Å². The molecule has 108 valence electrons. The average molecular weight is 357 g/mol. The molecule has 3 rings (SSSR count). The molecule has 2 heterocycles. The van der Waals surface area contributed by atoms with Crippen molar-refractivity contribution in [3.05, 3.63) is 20.8 Å². The SMILES string of the molecule is O=C(Cc1cc(Br)cs1)N1CCN(C(=O)C2CC2)CC1. The maximum absolute atomic E-state index is 12.2. The summed E-state index contributed by atoms with van der Waals surface area (Å²) in [6, 6.07) is 2.00. The van der Waals surface area contributed by atoms with E-state index in [1.54, 1.807) is 11.3 Å². The molecule has 0 radical (unpaired) electrons. The van der Waals surface area contributed by atoms with Crippen LogP contribution in [0.15, 0.2) is 15.9 Å². The van der Waals surface area contributed by atoms with E-state index in [1.165, 1.54) is 0 Å². The van der Waals surface area contributed by atoms with Crippen LogP contribution in [0.3, 0.4) is 0 Å². The van der Waals surface area contributed by atoms with E-state index in [0.717, 1.165) is 22.2 Å². The lowest BCUT2D eigenvalue weighted by atomic mass is 10.2. The molecule has 6 heteroatoms. The van der Waals surface area contributed by atoms with Crippen LogP contribution in [0, 0.1) is 5.92 Å². The highest BCUT2D eigenvalue weighted by Crippen LogP contribution is 2.31. The van der Waals surface area contributed by atoms with Gasteiger partial charge in [-0.1, -0.05) is 0 Å². The normalized spacial score (nSPS) is 19.2. The average Bonchev–Trinajstić information content (AvgIpc) is 3.22. The molecular weight excluding hydrogens is 340 g/mol. The summed E-state index contributed by atoms with van der Waals surface area (Å²) < 4.78 is 1.03. The van der Waals surface area contributed by atoms with Gasteiger partial charge in [-0.3, -0.25) is 9.59 Å². The van der Waals surface area contributed by atoms with E-state index in [-0.39, 0.29) is 11.8 Å². The molecule has 1 saturated heterocycles. The van der Waals surface area contributed by atoms with Gasteiger partial charge in [-0.05, 0) is 34.8 Å². The molecule has 2 fully saturated rings. The summed E-state index contributed by atoms with van der Waals surface area (Å²) in [5, 5.41) is 1.99. The number of carbonyl (C=O) groups is 2. The molecule has 0 N–H and O–H groups in total. The van der Waals surface area contributed by atoms with Gasteiger partial charge in [0, 0.05) is 46.8 Å². The Morgan fingerprint density at radius 3 is 2.40 bits per heavy atom. The lowest BCUT2D eigenvalue weighted by Crippen LogP contribution is -2.51. The zero-order valence-corrected chi connectivity index (χ0v) is 13.6. The molecule has 1 saturated carbocycles. The largest absolute Gasteiger partial charge is 0.339 e. The Balaban J connectivity index is 1.49. The summed E-state index contributed by atoms with van der Waals surface area (Å²) in [6.07, 6.45) is 2.56. The molecule has 1 aromatic heterocycles. The number of halogens is 1. The van der Waals surface area contributed by atoms with Crippen LogP contribution in [-0.4, -0.2) is 47.8 Å². The van der Waals surface area contributed by atoms with Crippen molar-refractivity contribution < 1.29 is 9.59 Å². The van der Waals surface area contributed by atoms with Crippen LogP contribution in [0.4, 0.5) is 0 Å². The minimum atomic E-state index is 0.165. The van der Waals surface area contributed by atoms with Gasteiger partial charge in [0.15, 0.2) is 0 Å². The third-order valence-electron chi connectivity index (χ3n) is 3.82. The zero-order valence-electron chi connectivity index (χ0n) is 11.2. The Bertz CT molecular complexity index is 519. The van der Waals surface area contributed by atoms with Crippen LogP contribution < -0.4 is 0 Å². The van der Waals surface area contributed by atoms with Crippen molar-refractivity contribution in [3.8, 4) is 0 Å². The lowest BCUT2D eigenvalue weighted by Gasteiger charge is -2.35. The van der Waals surface area contributed by atoms with Crippen LogP contribution in [0.25, 0.3) is 0 Å². The molecule has 2 amide bonds. The van der Waals surface area contributed by atoms with E-state index >= 15 is 0 Å². The quantitative estimate of drug-likeness (QED) is 0.832. The molecular formula is C14H17BrN2O2S. The number of piperazine rings is 1. The predicted molar refractivity (Wildman–Crippen MR) is 81.6 cm³/mol. The van der Waals surface area contributed by atoms with E-state index in [1.807, 2.05) is 21.2 Å². The molecule has 1 aliphatic carbocycles. The lowest BCUT2D eigenvalue weighted by molar-refractivity contribution is -0.139. The molecule has 4 nitrogen and oxygen atoms in total. The minimum absolute atomic E-state index is 0.165. The topological polar surface area (TPSA) is 40.6 Å². The molecule has 0 unspecified atom stereocenters. The molecule has 0 bridgehead atoms. The second-order valence-corrected chi connectivity index (χ2v) is 7.30. The summed E-state index contributed by atoms with van der Waals surface area (Å²) in [6.45, 7) is 2.72. The predicted octanol–water partition coefficient (Wildman–Crippen LogP) is 2.13. The van der Waals surface area contributed by atoms with Gasteiger partial charge in [0.05, 0.1) is 6.42 Å². The zero-order chi connectivity index (χ0) is 14.1. The number of carbonyl (C=O) groups excluding carboxylic acids is 2.